The molecule has 0 bridgehead atoms. The van der Waals surface area contributed by atoms with Gasteiger partial charge in [-0.25, -0.2) is 19.6 Å². The number of rotatable bonds is 5. The lowest BCUT2D eigenvalue weighted by molar-refractivity contribution is -0.151. The number of carbonyl (C=O) groups is 2. The van der Waals surface area contributed by atoms with Gasteiger partial charge in [0.25, 0.3) is 0 Å². The van der Waals surface area contributed by atoms with Gasteiger partial charge >= 0.3 is 12.1 Å². The first-order chi connectivity index (χ1) is 13.6. The molecule has 1 amide bonds. The van der Waals surface area contributed by atoms with Gasteiger partial charge in [-0.1, -0.05) is 19.0 Å². The molecule has 1 aromatic heterocycles. The first-order valence-electron chi connectivity index (χ1n) is 9.39. The third-order valence-electron chi connectivity index (χ3n) is 3.91. The molecule has 1 saturated heterocycles. The molecule has 1 aliphatic rings. The standard InChI is InChI=1S/C18H27N7O4/c1-12(2)11-28-15(26)14-10-24(16-20-8-13(9-21-16)22-23-19)6-7-25(14)17(27)29-18(3,4)5/h8-9,12,14H,6-7,10-11H2,1-5H3. The Morgan fingerprint density at radius 3 is 2.52 bits per heavy atom. The van der Waals surface area contributed by atoms with Crippen LogP contribution in [0.2, 0.25) is 0 Å². The Balaban J connectivity index is 2.19. The number of azide groups is 1. The second-order valence-electron chi connectivity index (χ2n) is 8.09. The summed E-state index contributed by atoms with van der Waals surface area (Å²) in [5.41, 5.74) is 8.09. The maximum Gasteiger partial charge on any atom is 0.411 e. The molecule has 1 fully saturated rings. The summed E-state index contributed by atoms with van der Waals surface area (Å²) in [7, 11) is 0. The van der Waals surface area contributed by atoms with E-state index in [9.17, 15) is 9.59 Å². The van der Waals surface area contributed by atoms with Gasteiger partial charge in [0.15, 0.2) is 6.04 Å². The predicted octanol–water partition coefficient (Wildman–Crippen LogP) is 3.04. The summed E-state index contributed by atoms with van der Waals surface area (Å²) >= 11 is 0. The molecule has 0 saturated carbocycles. The van der Waals surface area contributed by atoms with E-state index >= 15 is 0 Å². The second-order valence-corrected chi connectivity index (χ2v) is 8.09. The summed E-state index contributed by atoms with van der Waals surface area (Å²) in [6.07, 6.45) is 2.23. The van der Waals surface area contributed by atoms with E-state index in [4.69, 9.17) is 15.0 Å². The zero-order valence-electron chi connectivity index (χ0n) is 17.4. The van der Waals surface area contributed by atoms with Crippen LogP contribution in [0.25, 0.3) is 10.4 Å². The SMILES string of the molecule is CC(C)COC(=O)C1CN(c2ncc(N=[N+]=[N-])cn2)CCN1C(=O)OC(C)(C)C. The highest BCUT2D eigenvalue weighted by molar-refractivity contribution is 5.82. The largest absolute Gasteiger partial charge is 0.464 e. The number of carbonyl (C=O) groups excluding carboxylic acids is 2. The zero-order chi connectivity index (χ0) is 21.6. The molecule has 0 aliphatic carbocycles. The summed E-state index contributed by atoms with van der Waals surface area (Å²) in [4.78, 5) is 39.5. The van der Waals surface area contributed by atoms with Crippen molar-refractivity contribution in [3.05, 3.63) is 22.8 Å². The number of nitrogens with zero attached hydrogens (tertiary/aromatic N) is 7. The number of piperazine rings is 1. The monoisotopic (exact) mass is 405 g/mol. The van der Waals surface area contributed by atoms with Crippen LogP contribution in [0, 0.1) is 5.92 Å². The number of amides is 1. The summed E-state index contributed by atoms with van der Waals surface area (Å²) in [6, 6.07) is -0.849. The molecule has 0 radical (unpaired) electrons. The Kier molecular flexibility index (Phi) is 7.22. The minimum atomic E-state index is -0.849. The molecule has 1 aliphatic heterocycles. The van der Waals surface area contributed by atoms with Crippen LogP contribution < -0.4 is 4.90 Å². The molecule has 158 valence electrons. The van der Waals surface area contributed by atoms with Crippen LogP contribution in [0.15, 0.2) is 17.5 Å². The number of anilines is 1. The van der Waals surface area contributed by atoms with E-state index in [1.54, 1.807) is 25.7 Å². The summed E-state index contributed by atoms with van der Waals surface area (Å²) in [6.45, 7) is 10.3. The Morgan fingerprint density at radius 2 is 1.97 bits per heavy atom. The Hall–Kier alpha value is -3.07. The lowest BCUT2D eigenvalue weighted by Gasteiger charge is -2.40. The highest BCUT2D eigenvalue weighted by Crippen LogP contribution is 2.21. The third kappa shape index (κ3) is 6.49. The van der Waals surface area contributed by atoms with E-state index in [-0.39, 0.29) is 31.3 Å². The minimum Gasteiger partial charge on any atom is -0.464 e. The van der Waals surface area contributed by atoms with Crippen molar-refractivity contribution in [2.24, 2.45) is 11.0 Å². The van der Waals surface area contributed by atoms with Gasteiger partial charge in [0.1, 0.15) is 5.60 Å². The van der Waals surface area contributed by atoms with Crippen molar-refractivity contribution in [3.63, 3.8) is 0 Å². The molecule has 2 heterocycles. The average molecular weight is 405 g/mol. The molecule has 2 rings (SSSR count). The number of hydrogen-bond donors (Lipinski definition) is 0. The van der Waals surface area contributed by atoms with Gasteiger partial charge in [0, 0.05) is 30.4 Å². The molecule has 29 heavy (non-hydrogen) atoms. The van der Waals surface area contributed by atoms with Crippen LogP contribution in [-0.4, -0.2) is 64.8 Å². The molecule has 11 nitrogen and oxygen atoms in total. The van der Waals surface area contributed by atoms with Crippen molar-refractivity contribution in [3.8, 4) is 0 Å². The number of hydrogen-bond acceptors (Lipinski definition) is 8. The van der Waals surface area contributed by atoms with Crippen LogP contribution in [-0.2, 0) is 14.3 Å². The van der Waals surface area contributed by atoms with E-state index in [0.29, 0.717) is 12.5 Å². The normalized spacial score (nSPS) is 17.0. The van der Waals surface area contributed by atoms with Crippen LogP contribution in [0.4, 0.5) is 16.4 Å². The van der Waals surface area contributed by atoms with Gasteiger partial charge in [0.2, 0.25) is 5.95 Å². The number of aromatic nitrogens is 2. The molecule has 11 heteroatoms. The van der Waals surface area contributed by atoms with Crippen LogP contribution in [0.3, 0.4) is 0 Å². The average Bonchev–Trinajstić information content (AvgIpc) is 2.65. The van der Waals surface area contributed by atoms with E-state index in [1.165, 1.54) is 17.3 Å². The fourth-order valence-electron chi connectivity index (χ4n) is 2.63. The molecular weight excluding hydrogens is 378 g/mol. The van der Waals surface area contributed by atoms with Crippen molar-refractivity contribution in [1.82, 2.24) is 14.9 Å². The molecule has 1 unspecified atom stereocenters. The van der Waals surface area contributed by atoms with E-state index in [2.05, 4.69) is 20.0 Å². The fourth-order valence-corrected chi connectivity index (χ4v) is 2.63. The first kappa shape index (κ1) is 22.2. The second kappa shape index (κ2) is 9.42. The molecule has 1 aromatic rings. The molecule has 0 aromatic carbocycles. The van der Waals surface area contributed by atoms with E-state index < -0.39 is 23.7 Å². The van der Waals surface area contributed by atoms with Crippen molar-refractivity contribution >= 4 is 23.7 Å². The lowest BCUT2D eigenvalue weighted by atomic mass is 10.1. The summed E-state index contributed by atoms with van der Waals surface area (Å²) < 4.78 is 10.8. The highest BCUT2D eigenvalue weighted by atomic mass is 16.6. The maximum absolute atomic E-state index is 12.7. The Morgan fingerprint density at radius 1 is 1.31 bits per heavy atom. The van der Waals surface area contributed by atoms with Crippen molar-refractivity contribution in [1.29, 1.82) is 0 Å². The van der Waals surface area contributed by atoms with Gasteiger partial charge in [-0.05, 0) is 32.2 Å². The Labute approximate surface area is 169 Å². The molecule has 0 spiro atoms. The first-order valence-corrected chi connectivity index (χ1v) is 9.39. The molecule has 0 N–H and O–H groups in total. The topological polar surface area (TPSA) is 134 Å². The van der Waals surface area contributed by atoms with Gasteiger partial charge in [0.05, 0.1) is 18.8 Å². The summed E-state index contributed by atoms with van der Waals surface area (Å²) in [5.74, 6) is 0.0394. The van der Waals surface area contributed by atoms with Crippen LogP contribution in [0.5, 0.6) is 0 Å². The van der Waals surface area contributed by atoms with E-state index in [0.717, 1.165) is 0 Å². The minimum absolute atomic E-state index is 0.164. The zero-order valence-corrected chi connectivity index (χ0v) is 17.4. The number of esters is 1. The van der Waals surface area contributed by atoms with Gasteiger partial charge in [-0.15, -0.1) is 0 Å². The van der Waals surface area contributed by atoms with Crippen molar-refractivity contribution < 1.29 is 19.1 Å². The van der Waals surface area contributed by atoms with Gasteiger partial charge in [-0.3, -0.25) is 4.90 Å². The van der Waals surface area contributed by atoms with Crippen LogP contribution >= 0.6 is 0 Å². The van der Waals surface area contributed by atoms with E-state index in [1.807, 2.05) is 13.8 Å². The van der Waals surface area contributed by atoms with Gasteiger partial charge in [-0.2, -0.15) is 0 Å². The quantitative estimate of drug-likeness (QED) is 0.318. The van der Waals surface area contributed by atoms with Gasteiger partial charge < -0.3 is 14.4 Å². The Bertz CT molecular complexity index is 769. The molecule has 1 atom stereocenters. The number of ether oxygens (including phenoxy) is 2. The predicted molar refractivity (Wildman–Crippen MR) is 106 cm³/mol. The smallest absolute Gasteiger partial charge is 0.411 e. The maximum atomic E-state index is 12.7. The third-order valence-corrected chi connectivity index (χ3v) is 3.91. The van der Waals surface area contributed by atoms with Crippen molar-refractivity contribution in [2.45, 2.75) is 46.3 Å². The lowest BCUT2D eigenvalue weighted by Crippen LogP contribution is -2.59. The summed E-state index contributed by atoms with van der Waals surface area (Å²) in [5, 5.41) is 3.44. The van der Waals surface area contributed by atoms with Crippen molar-refractivity contribution in [2.75, 3.05) is 31.1 Å². The van der Waals surface area contributed by atoms with Crippen LogP contribution in [0.1, 0.15) is 34.6 Å². The fraction of sp³-hybridized carbons (Fsp3) is 0.667. The molecular formula is C18H27N7O4. The highest BCUT2D eigenvalue weighted by Gasteiger charge is 2.39.